The average molecular weight is 241 g/mol. The van der Waals surface area contributed by atoms with Crippen LogP contribution in [-0.4, -0.2) is 43.7 Å². The van der Waals surface area contributed by atoms with Crippen molar-refractivity contribution in [1.29, 1.82) is 0 Å². The van der Waals surface area contributed by atoms with Crippen molar-refractivity contribution in [2.24, 2.45) is 16.6 Å². The number of nitrogens with two attached hydrogens (primary N) is 1. The summed E-state index contributed by atoms with van der Waals surface area (Å²) in [6.07, 6.45) is 5.11. The Morgan fingerprint density at radius 2 is 1.88 bits per heavy atom. The summed E-state index contributed by atoms with van der Waals surface area (Å²) < 4.78 is 5.48. The van der Waals surface area contributed by atoms with Crippen molar-refractivity contribution in [1.82, 2.24) is 4.90 Å². The van der Waals surface area contributed by atoms with Crippen LogP contribution in [0.3, 0.4) is 0 Å². The van der Waals surface area contributed by atoms with Gasteiger partial charge in [0.2, 0.25) is 0 Å². The molecule has 1 fully saturated rings. The summed E-state index contributed by atoms with van der Waals surface area (Å²) in [6.45, 7) is 8.56. The van der Waals surface area contributed by atoms with Gasteiger partial charge in [0.1, 0.15) is 0 Å². The minimum Gasteiger partial charge on any atom is -0.379 e. The third kappa shape index (κ3) is 6.51. The average Bonchev–Trinajstić information content (AvgIpc) is 2.56. The maximum atomic E-state index is 5.98. The Balaban J connectivity index is 2.18. The number of likely N-dealkylation sites (tertiary alicyclic amines) is 1. The zero-order chi connectivity index (χ0) is 12.5. The van der Waals surface area contributed by atoms with E-state index in [1.54, 1.807) is 0 Å². The zero-order valence-electron chi connectivity index (χ0n) is 11.3. The molecule has 2 N–H and O–H groups in total. The van der Waals surface area contributed by atoms with Crippen LogP contribution >= 0.6 is 0 Å². The standard InChI is InChI=1S/C13H27N3O/c1-12(2)11-17-10-7-15-13(14)16-8-5-3-4-6-9-16/h12H,3-11H2,1-2H3,(H2,14,15). The lowest BCUT2D eigenvalue weighted by molar-refractivity contribution is 0.116. The number of hydrogen-bond donors (Lipinski definition) is 1. The van der Waals surface area contributed by atoms with E-state index in [2.05, 4.69) is 23.7 Å². The van der Waals surface area contributed by atoms with E-state index in [1.807, 2.05) is 0 Å². The Labute approximate surface area is 105 Å². The summed E-state index contributed by atoms with van der Waals surface area (Å²) in [7, 11) is 0. The van der Waals surface area contributed by atoms with E-state index >= 15 is 0 Å². The minimum absolute atomic E-state index is 0.585. The van der Waals surface area contributed by atoms with Crippen LogP contribution in [0.25, 0.3) is 0 Å². The van der Waals surface area contributed by atoms with Gasteiger partial charge in [0, 0.05) is 19.7 Å². The molecule has 1 saturated heterocycles. The highest BCUT2D eigenvalue weighted by atomic mass is 16.5. The first-order chi connectivity index (χ1) is 8.20. The van der Waals surface area contributed by atoms with Gasteiger partial charge >= 0.3 is 0 Å². The van der Waals surface area contributed by atoms with Crippen LogP contribution in [0.4, 0.5) is 0 Å². The fourth-order valence-electron chi connectivity index (χ4n) is 1.94. The van der Waals surface area contributed by atoms with Crippen LogP contribution in [0, 0.1) is 5.92 Å². The molecule has 17 heavy (non-hydrogen) atoms. The SMILES string of the molecule is CC(C)COCCN=C(N)N1CCCCCC1. The van der Waals surface area contributed by atoms with Gasteiger partial charge in [-0.05, 0) is 18.8 Å². The van der Waals surface area contributed by atoms with Gasteiger partial charge in [-0.2, -0.15) is 0 Å². The van der Waals surface area contributed by atoms with Crippen LogP contribution in [0.2, 0.25) is 0 Å². The number of ether oxygens (including phenoxy) is 1. The molecule has 1 aliphatic rings. The molecule has 0 amide bonds. The highest BCUT2D eigenvalue weighted by Gasteiger charge is 2.10. The van der Waals surface area contributed by atoms with Gasteiger partial charge in [0.25, 0.3) is 0 Å². The molecular formula is C13H27N3O. The summed E-state index contributed by atoms with van der Waals surface area (Å²) in [5.74, 6) is 1.28. The van der Waals surface area contributed by atoms with Crippen LogP contribution < -0.4 is 5.73 Å². The van der Waals surface area contributed by atoms with E-state index in [0.29, 0.717) is 25.0 Å². The third-order valence-electron chi connectivity index (χ3n) is 2.89. The Hall–Kier alpha value is -0.770. The molecule has 4 nitrogen and oxygen atoms in total. The molecule has 0 saturated carbocycles. The van der Waals surface area contributed by atoms with E-state index < -0.39 is 0 Å². The zero-order valence-corrected chi connectivity index (χ0v) is 11.3. The Kier molecular flexibility index (Phi) is 7.01. The molecule has 1 heterocycles. The second-order valence-corrected chi connectivity index (χ2v) is 5.11. The van der Waals surface area contributed by atoms with Crippen molar-refractivity contribution < 1.29 is 4.74 Å². The lowest BCUT2D eigenvalue weighted by Crippen LogP contribution is -2.38. The molecule has 1 aliphatic heterocycles. The molecule has 0 aromatic carbocycles. The molecule has 100 valence electrons. The van der Waals surface area contributed by atoms with E-state index in [-0.39, 0.29) is 0 Å². The minimum atomic E-state index is 0.585. The number of aliphatic imine (C=N–C) groups is 1. The number of nitrogens with zero attached hydrogens (tertiary/aromatic N) is 2. The molecule has 0 radical (unpaired) electrons. The first-order valence-electron chi connectivity index (χ1n) is 6.82. The van der Waals surface area contributed by atoms with Crippen molar-refractivity contribution in [2.75, 3.05) is 32.8 Å². The van der Waals surface area contributed by atoms with Gasteiger partial charge in [-0.15, -0.1) is 0 Å². The van der Waals surface area contributed by atoms with Crippen LogP contribution in [0.5, 0.6) is 0 Å². The molecule has 0 aromatic rings. The summed E-state index contributed by atoms with van der Waals surface area (Å²) in [5, 5.41) is 0. The van der Waals surface area contributed by atoms with Crippen LogP contribution in [0.1, 0.15) is 39.5 Å². The lowest BCUT2D eigenvalue weighted by Gasteiger charge is -2.21. The van der Waals surface area contributed by atoms with Gasteiger partial charge in [-0.1, -0.05) is 26.7 Å². The van der Waals surface area contributed by atoms with Crippen molar-refractivity contribution in [3.05, 3.63) is 0 Å². The smallest absolute Gasteiger partial charge is 0.191 e. The number of rotatable bonds is 5. The predicted molar refractivity (Wildman–Crippen MR) is 72.2 cm³/mol. The topological polar surface area (TPSA) is 50.9 Å². The molecule has 1 rings (SSSR count). The van der Waals surface area contributed by atoms with E-state index in [1.165, 1.54) is 25.7 Å². The summed E-state index contributed by atoms with van der Waals surface area (Å²) in [5.41, 5.74) is 5.98. The van der Waals surface area contributed by atoms with Crippen molar-refractivity contribution in [3.63, 3.8) is 0 Å². The fourth-order valence-corrected chi connectivity index (χ4v) is 1.94. The molecule has 0 aromatic heterocycles. The molecule has 0 atom stereocenters. The van der Waals surface area contributed by atoms with Gasteiger partial charge in [0.15, 0.2) is 5.96 Å². The molecule has 4 heteroatoms. The number of guanidine groups is 1. The Morgan fingerprint density at radius 3 is 2.47 bits per heavy atom. The van der Waals surface area contributed by atoms with E-state index in [0.717, 1.165) is 19.7 Å². The van der Waals surface area contributed by atoms with Gasteiger partial charge < -0.3 is 15.4 Å². The van der Waals surface area contributed by atoms with Gasteiger partial charge in [-0.3, -0.25) is 4.99 Å². The maximum absolute atomic E-state index is 5.98. The third-order valence-corrected chi connectivity index (χ3v) is 2.89. The summed E-state index contributed by atoms with van der Waals surface area (Å²) >= 11 is 0. The van der Waals surface area contributed by atoms with Crippen molar-refractivity contribution >= 4 is 5.96 Å². The largest absolute Gasteiger partial charge is 0.379 e. The fraction of sp³-hybridized carbons (Fsp3) is 0.923. The van der Waals surface area contributed by atoms with Crippen molar-refractivity contribution in [2.45, 2.75) is 39.5 Å². The quantitative estimate of drug-likeness (QED) is 0.454. The molecular weight excluding hydrogens is 214 g/mol. The van der Waals surface area contributed by atoms with Gasteiger partial charge in [0.05, 0.1) is 13.2 Å². The molecule has 0 bridgehead atoms. The van der Waals surface area contributed by atoms with Gasteiger partial charge in [-0.25, -0.2) is 0 Å². The Bertz CT molecular complexity index is 221. The van der Waals surface area contributed by atoms with Crippen LogP contribution in [-0.2, 0) is 4.74 Å². The number of hydrogen-bond acceptors (Lipinski definition) is 2. The van der Waals surface area contributed by atoms with E-state index in [4.69, 9.17) is 10.5 Å². The summed E-state index contributed by atoms with van der Waals surface area (Å²) in [4.78, 5) is 6.59. The Morgan fingerprint density at radius 1 is 1.24 bits per heavy atom. The molecule has 0 unspecified atom stereocenters. The first kappa shape index (κ1) is 14.3. The second-order valence-electron chi connectivity index (χ2n) is 5.11. The van der Waals surface area contributed by atoms with E-state index in [9.17, 15) is 0 Å². The van der Waals surface area contributed by atoms with Crippen LogP contribution in [0.15, 0.2) is 4.99 Å². The molecule has 0 aliphatic carbocycles. The molecule has 0 spiro atoms. The first-order valence-corrected chi connectivity index (χ1v) is 6.82. The normalized spacial score (nSPS) is 18.5. The highest BCUT2D eigenvalue weighted by molar-refractivity contribution is 5.78. The maximum Gasteiger partial charge on any atom is 0.191 e. The summed E-state index contributed by atoms with van der Waals surface area (Å²) in [6, 6.07) is 0. The highest BCUT2D eigenvalue weighted by Crippen LogP contribution is 2.08. The predicted octanol–water partition coefficient (Wildman–Crippen LogP) is 1.85. The lowest BCUT2D eigenvalue weighted by atomic mass is 10.2. The second kappa shape index (κ2) is 8.34. The van der Waals surface area contributed by atoms with Crippen molar-refractivity contribution in [3.8, 4) is 0 Å². The monoisotopic (exact) mass is 241 g/mol.